The van der Waals surface area contributed by atoms with Gasteiger partial charge in [0.2, 0.25) is 0 Å². The van der Waals surface area contributed by atoms with Crippen molar-refractivity contribution in [1.29, 1.82) is 0 Å². The molecule has 10 heteroatoms. The van der Waals surface area contributed by atoms with Crippen LogP contribution in [-0.2, 0) is 19.4 Å². The molecule has 146 valence electrons. The molecule has 0 atom stereocenters. The Morgan fingerprint density at radius 1 is 1.00 bits per heavy atom. The van der Waals surface area contributed by atoms with Gasteiger partial charge in [-0.25, -0.2) is 4.79 Å². The third kappa shape index (κ3) is 4.94. The van der Waals surface area contributed by atoms with Crippen LogP contribution in [0.15, 0.2) is 45.7 Å². The van der Waals surface area contributed by atoms with Gasteiger partial charge in [-0.2, -0.15) is 26.3 Å². The van der Waals surface area contributed by atoms with Crippen LogP contribution in [0.3, 0.4) is 0 Å². The SMILES string of the molecule is Cc1cccc(C(F)(F)F)c1.Cn1c(=O)[nH]c2cc(Br)cc(C(F)(F)F)c21. The maximum absolute atomic E-state index is 12.7. The Labute approximate surface area is 157 Å². The average molecular weight is 455 g/mol. The van der Waals surface area contributed by atoms with Crippen LogP contribution in [0.4, 0.5) is 26.3 Å². The number of hydrogen-bond acceptors (Lipinski definition) is 1. The molecule has 0 aliphatic heterocycles. The largest absolute Gasteiger partial charge is 0.418 e. The zero-order chi connectivity index (χ0) is 20.6. The molecule has 3 rings (SSSR count). The molecule has 0 saturated carbocycles. The Bertz CT molecular complexity index is 1020. The quantitative estimate of drug-likeness (QED) is 0.437. The van der Waals surface area contributed by atoms with Gasteiger partial charge in [0.05, 0.1) is 22.2 Å². The first-order valence-electron chi connectivity index (χ1n) is 7.40. The lowest BCUT2D eigenvalue weighted by atomic mass is 10.1. The smallest absolute Gasteiger partial charge is 0.305 e. The zero-order valence-electron chi connectivity index (χ0n) is 14.0. The van der Waals surface area contributed by atoms with E-state index >= 15 is 0 Å². The molecule has 3 nitrogen and oxygen atoms in total. The van der Waals surface area contributed by atoms with Gasteiger partial charge in [0.15, 0.2) is 0 Å². The highest BCUT2D eigenvalue weighted by atomic mass is 79.9. The van der Waals surface area contributed by atoms with E-state index in [0.717, 1.165) is 22.8 Å². The monoisotopic (exact) mass is 454 g/mol. The van der Waals surface area contributed by atoms with Gasteiger partial charge < -0.3 is 4.98 Å². The van der Waals surface area contributed by atoms with Gasteiger partial charge in [0.25, 0.3) is 0 Å². The Kier molecular flexibility index (Phi) is 5.79. The third-order valence-electron chi connectivity index (χ3n) is 3.61. The maximum atomic E-state index is 12.7. The van der Waals surface area contributed by atoms with Crippen LogP contribution in [0.25, 0.3) is 11.0 Å². The molecule has 0 fully saturated rings. The van der Waals surface area contributed by atoms with Crippen molar-refractivity contribution < 1.29 is 26.3 Å². The van der Waals surface area contributed by atoms with Crippen LogP contribution in [0.2, 0.25) is 0 Å². The summed E-state index contributed by atoms with van der Waals surface area (Å²) >= 11 is 2.98. The first-order valence-corrected chi connectivity index (χ1v) is 8.19. The number of hydrogen-bond donors (Lipinski definition) is 1. The van der Waals surface area contributed by atoms with Gasteiger partial charge in [-0.1, -0.05) is 39.7 Å². The number of aryl methyl sites for hydroxylation is 2. The minimum atomic E-state index is -4.49. The minimum absolute atomic E-state index is 0.138. The molecule has 0 bridgehead atoms. The van der Waals surface area contributed by atoms with Crippen molar-refractivity contribution >= 4 is 27.0 Å². The number of aromatic nitrogens is 2. The molecule has 1 N–H and O–H groups in total. The number of benzene rings is 2. The molecule has 2 aromatic carbocycles. The summed E-state index contributed by atoms with van der Waals surface area (Å²) in [7, 11) is 1.30. The van der Waals surface area contributed by atoms with E-state index in [1.54, 1.807) is 13.0 Å². The van der Waals surface area contributed by atoms with Crippen molar-refractivity contribution in [1.82, 2.24) is 9.55 Å². The van der Waals surface area contributed by atoms with E-state index in [1.807, 2.05) is 0 Å². The molecule has 3 aromatic rings. The van der Waals surface area contributed by atoms with E-state index in [1.165, 1.54) is 19.2 Å². The predicted molar refractivity (Wildman–Crippen MR) is 92.4 cm³/mol. The number of fused-ring (bicyclic) bond motifs is 1. The molecule has 0 radical (unpaired) electrons. The molecule has 1 aromatic heterocycles. The Morgan fingerprint density at radius 3 is 2.11 bits per heavy atom. The number of nitrogens with one attached hydrogen (secondary N) is 1. The van der Waals surface area contributed by atoms with Crippen LogP contribution < -0.4 is 5.69 Å². The van der Waals surface area contributed by atoms with Gasteiger partial charge in [-0.15, -0.1) is 0 Å². The molecule has 0 amide bonds. The van der Waals surface area contributed by atoms with Gasteiger partial charge in [-0.05, 0) is 25.1 Å². The second-order valence-electron chi connectivity index (χ2n) is 5.70. The number of imidazole rings is 1. The Hall–Kier alpha value is -2.23. The van der Waals surface area contributed by atoms with Crippen molar-refractivity contribution in [3.05, 3.63) is 68.0 Å². The average Bonchev–Trinajstić information content (AvgIpc) is 2.80. The van der Waals surface area contributed by atoms with E-state index in [9.17, 15) is 31.1 Å². The van der Waals surface area contributed by atoms with Gasteiger partial charge in [0, 0.05) is 11.5 Å². The Morgan fingerprint density at radius 2 is 1.63 bits per heavy atom. The molecule has 0 unspecified atom stereocenters. The Balaban J connectivity index is 0.000000208. The summed E-state index contributed by atoms with van der Waals surface area (Å²) in [5.74, 6) is 0. The summed E-state index contributed by atoms with van der Waals surface area (Å²) < 4.78 is 75.3. The fraction of sp³-hybridized carbons (Fsp3) is 0.235. The van der Waals surface area contributed by atoms with Crippen LogP contribution in [-0.4, -0.2) is 9.55 Å². The summed E-state index contributed by atoms with van der Waals surface area (Å²) in [5, 5.41) is 0. The van der Waals surface area contributed by atoms with Crippen LogP contribution >= 0.6 is 15.9 Å². The number of H-pyrrole nitrogens is 1. The highest BCUT2D eigenvalue weighted by Crippen LogP contribution is 2.35. The van der Waals surface area contributed by atoms with Crippen molar-refractivity contribution in [3.8, 4) is 0 Å². The second kappa shape index (κ2) is 7.41. The topological polar surface area (TPSA) is 37.8 Å². The number of rotatable bonds is 0. The lowest BCUT2D eigenvalue weighted by Crippen LogP contribution is -2.14. The molecule has 0 aliphatic carbocycles. The normalized spacial score (nSPS) is 12.0. The van der Waals surface area contributed by atoms with Gasteiger partial charge >= 0.3 is 18.0 Å². The first kappa shape index (κ1) is 21.1. The summed E-state index contributed by atoms with van der Waals surface area (Å²) in [4.78, 5) is 13.6. The lowest BCUT2D eigenvalue weighted by molar-refractivity contribution is -0.138. The molecule has 0 aliphatic rings. The molecular weight excluding hydrogens is 442 g/mol. The summed E-state index contributed by atoms with van der Waals surface area (Å²) in [6.07, 6.45) is -8.71. The fourth-order valence-electron chi connectivity index (χ4n) is 2.39. The first-order chi connectivity index (χ1) is 12.3. The highest BCUT2D eigenvalue weighted by Gasteiger charge is 2.34. The molecule has 0 spiro atoms. The fourth-order valence-corrected chi connectivity index (χ4v) is 2.85. The van der Waals surface area contributed by atoms with E-state index in [2.05, 4.69) is 20.9 Å². The predicted octanol–water partition coefficient (Wildman–Crippen LogP) is 5.66. The van der Waals surface area contributed by atoms with Crippen molar-refractivity contribution in [3.63, 3.8) is 0 Å². The maximum Gasteiger partial charge on any atom is 0.418 e. The van der Waals surface area contributed by atoms with Crippen LogP contribution in [0.5, 0.6) is 0 Å². The lowest BCUT2D eigenvalue weighted by Gasteiger charge is -2.09. The van der Waals surface area contributed by atoms with E-state index in [-0.39, 0.29) is 15.5 Å². The molecular formula is C17H13BrF6N2O. The van der Waals surface area contributed by atoms with Crippen LogP contribution in [0, 0.1) is 6.92 Å². The second-order valence-corrected chi connectivity index (χ2v) is 6.62. The number of alkyl halides is 6. The van der Waals surface area contributed by atoms with Crippen LogP contribution in [0.1, 0.15) is 16.7 Å². The minimum Gasteiger partial charge on any atom is -0.305 e. The molecule has 0 saturated heterocycles. The van der Waals surface area contributed by atoms with Crippen molar-refractivity contribution in [2.24, 2.45) is 7.05 Å². The summed E-state index contributed by atoms with van der Waals surface area (Å²) in [6.45, 7) is 1.63. The van der Waals surface area contributed by atoms with Gasteiger partial charge in [-0.3, -0.25) is 4.57 Å². The van der Waals surface area contributed by atoms with E-state index in [0.29, 0.717) is 5.56 Å². The number of nitrogens with zero attached hydrogens (tertiary/aromatic N) is 1. The van der Waals surface area contributed by atoms with Crippen molar-refractivity contribution in [2.45, 2.75) is 19.3 Å². The van der Waals surface area contributed by atoms with E-state index in [4.69, 9.17) is 0 Å². The standard InChI is InChI=1S/C9H6BrF3N2O.C8H7F3/c1-15-7-5(9(11,12)13)2-4(10)3-6(7)14-8(15)16;1-6-3-2-4-7(5-6)8(9,10)11/h2-3H,1H3,(H,14,16);2-5H,1H3. The molecule has 1 heterocycles. The summed E-state index contributed by atoms with van der Waals surface area (Å²) in [5.41, 5.74) is -1.34. The van der Waals surface area contributed by atoms with Gasteiger partial charge in [0.1, 0.15) is 0 Å². The molecule has 27 heavy (non-hydrogen) atoms. The number of halogens is 7. The number of aromatic amines is 1. The summed E-state index contributed by atoms with van der Waals surface area (Å²) in [6, 6.07) is 7.61. The van der Waals surface area contributed by atoms with E-state index < -0.39 is 29.2 Å². The highest BCUT2D eigenvalue weighted by molar-refractivity contribution is 9.10. The third-order valence-corrected chi connectivity index (χ3v) is 4.06. The zero-order valence-corrected chi connectivity index (χ0v) is 15.6. The van der Waals surface area contributed by atoms with Crippen molar-refractivity contribution in [2.75, 3.05) is 0 Å².